The smallest absolute Gasteiger partial charge is 0.102 e. The Morgan fingerprint density at radius 3 is 2.69 bits per heavy atom. The van der Waals surface area contributed by atoms with Crippen molar-refractivity contribution in [3.8, 4) is 0 Å². The monoisotopic (exact) mass is 196 g/mol. The van der Waals surface area contributed by atoms with Crippen molar-refractivity contribution in [1.29, 1.82) is 0 Å². The molecule has 0 bridgehead atoms. The summed E-state index contributed by atoms with van der Waals surface area (Å²) in [5.74, 6) is 0.890. The Labute approximate surface area is 83.4 Å². The first-order chi connectivity index (χ1) is 6.09. The molecule has 0 atom stereocenters. The highest BCUT2D eigenvalue weighted by molar-refractivity contribution is 6.30. The molecule has 70 valence electrons. The quantitative estimate of drug-likeness (QED) is 0.573. The van der Waals surface area contributed by atoms with E-state index in [0.29, 0.717) is 10.9 Å². The molecule has 2 nitrogen and oxygen atoms in total. The predicted molar refractivity (Wildman–Crippen MR) is 57.6 cm³/mol. The molecule has 0 fully saturated rings. The summed E-state index contributed by atoms with van der Waals surface area (Å²) in [6.45, 7) is 4.01. The van der Waals surface area contributed by atoms with Gasteiger partial charge in [-0.3, -0.25) is 0 Å². The topological polar surface area (TPSA) is 38.4 Å². The lowest BCUT2D eigenvalue weighted by molar-refractivity contribution is 0.873. The Balaban J connectivity index is 2.91. The maximum atomic E-state index is 5.80. The van der Waals surface area contributed by atoms with Gasteiger partial charge in [0.1, 0.15) is 5.84 Å². The van der Waals surface area contributed by atoms with Gasteiger partial charge in [0, 0.05) is 10.9 Å². The molecule has 0 saturated heterocycles. The molecule has 1 rings (SSSR count). The maximum absolute atomic E-state index is 5.80. The Kier molecular flexibility index (Phi) is 3.32. The Morgan fingerprint density at radius 1 is 1.46 bits per heavy atom. The van der Waals surface area contributed by atoms with E-state index in [2.05, 4.69) is 4.99 Å². The number of amidine groups is 1. The normalized spacial score (nSPS) is 12.2. The zero-order chi connectivity index (χ0) is 9.84. The van der Waals surface area contributed by atoms with Crippen LogP contribution in [0.1, 0.15) is 13.8 Å². The van der Waals surface area contributed by atoms with Crippen molar-refractivity contribution >= 4 is 23.1 Å². The predicted octanol–water partition coefficient (Wildman–Crippen LogP) is 2.98. The van der Waals surface area contributed by atoms with Gasteiger partial charge in [0.15, 0.2) is 0 Å². The molecule has 3 heteroatoms. The minimum Gasteiger partial charge on any atom is -0.387 e. The van der Waals surface area contributed by atoms with Crippen LogP contribution in [0.2, 0.25) is 5.02 Å². The first-order valence-electron chi connectivity index (χ1n) is 4.19. The van der Waals surface area contributed by atoms with Crippen molar-refractivity contribution in [2.45, 2.75) is 13.8 Å². The van der Waals surface area contributed by atoms with Gasteiger partial charge in [-0.2, -0.15) is 0 Å². The molecule has 13 heavy (non-hydrogen) atoms. The Morgan fingerprint density at radius 2 is 2.15 bits per heavy atom. The fraction of sp³-hybridized carbons (Fsp3) is 0.300. The average molecular weight is 197 g/mol. The molecular weight excluding hydrogens is 184 g/mol. The second-order valence-electron chi connectivity index (χ2n) is 3.17. The Hall–Kier alpha value is -1.02. The van der Waals surface area contributed by atoms with Gasteiger partial charge >= 0.3 is 0 Å². The summed E-state index contributed by atoms with van der Waals surface area (Å²) in [5, 5.41) is 0.679. The van der Waals surface area contributed by atoms with E-state index in [-0.39, 0.29) is 5.92 Å². The van der Waals surface area contributed by atoms with Crippen LogP contribution < -0.4 is 5.73 Å². The lowest BCUT2D eigenvalue weighted by Crippen LogP contribution is -2.17. The second kappa shape index (κ2) is 4.28. The van der Waals surface area contributed by atoms with Gasteiger partial charge in [-0.25, -0.2) is 4.99 Å². The van der Waals surface area contributed by atoms with E-state index in [4.69, 9.17) is 17.3 Å². The number of halogens is 1. The van der Waals surface area contributed by atoms with Crippen molar-refractivity contribution < 1.29 is 0 Å². The lowest BCUT2D eigenvalue weighted by Gasteiger charge is -2.03. The zero-order valence-corrected chi connectivity index (χ0v) is 8.55. The largest absolute Gasteiger partial charge is 0.387 e. The number of nitrogens with zero attached hydrogens (tertiary/aromatic N) is 1. The highest BCUT2D eigenvalue weighted by Gasteiger charge is 1.99. The summed E-state index contributed by atoms with van der Waals surface area (Å²) < 4.78 is 0. The molecule has 0 aliphatic rings. The van der Waals surface area contributed by atoms with E-state index in [1.165, 1.54) is 0 Å². The molecule has 1 aromatic carbocycles. The fourth-order valence-electron chi connectivity index (χ4n) is 0.824. The van der Waals surface area contributed by atoms with Crippen LogP contribution in [0.5, 0.6) is 0 Å². The molecule has 0 aromatic heterocycles. The van der Waals surface area contributed by atoms with Crippen molar-refractivity contribution in [3.05, 3.63) is 29.3 Å². The molecule has 0 spiro atoms. The summed E-state index contributed by atoms with van der Waals surface area (Å²) in [6.07, 6.45) is 0. The SMILES string of the molecule is CC(C)C(N)=Nc1cccc(Cl)c1. The Bertz CT molecular complexity index is 318. The lowest BCUT2D eigenvalue weighted by atomic mass is 10.2. The van der Waals surface area contributed by atoms with E-state index < -0.39 is 0 Å². The second-order valence-corrected chi connectivity index (χ2v) is 3.61. The van der Waals surface area contributed by atoms with Gasteiger partial charge in [-0.1, -0.05) is 31.5 Å². The third-order valence-corrected chi connectivity index (χ3v) is 1.89. The van der Waals surface area contributed by atoms with E-state index in [1.807, 2.05) is 32.0 Å². The maximum Gasteiger partial charge on any atom is 0.102 e. The van der Waals surface area contributed by atoms with Crippen LogP contribution in [0.4, 0.5) is 5.69 Å². The van der Waals surface area contributed by atoms with Crippen LogP contribution in [-0.4, -0.2) is 5.84 Å². The number of rotatable bonds is 2. The van der Waals surface area contributed by atoms with Crippen LogP contribution in [0.25, 0.3) is 0 Å². The summed E-state index contributed by atoms with van der Waals surface area (Å²) >= 11 is 5.80. The van der Waals surface area contributed by atoms with Gasteiger partial charge in [0.25, 0.3) is 0 Å². The highest BCUT2D eigenvalue weighted by Crippen LogP contribution is 2.18. The first kappa shape index (κ1) is 10.1. The fourth-order valence-corrected chi connectivity index (χ4v) is 1.01. The van der Waals surface area contributed by atoms with Crippen LogP contribution in [0.3, 0.4) is 0 Å². The molecule has 0 radical (unpaired) electrons. The molecule has 0 aliphatic heterocycles. The van der Waals surface area contributed by atoms with Gasteiger partial charge in [0.05, 0.1) is 5.69 Å². The minimum atomic E-state index is 0.263. The van der Waals surface area contributed by atoms with Gasteiger partial charge in [-0.05, 0) is 18.2 Å². The molecule has 0 unspecified atom stereocenters. The van der Waals surface area contributed by atoms with Crippen LogP contribution in [0, 0.1) is 5.92 Å². The number of hydrogen-bond acceptors (Lipinski definition) is 1. The third-order valence-electron chi connectivity index (χ3n) is 1.66. The summed E-state index contributed by atoms with van der Waals surface area (Å²) in [7, 11) is 0. The van der Waals surface area contributed by atoms with E-state index in [1.54, 1.807) is 6.07 Å². The summed E-state index contributed by atoms with van der Waals surface area (Å²) in [6, 6.07) is 7.33. The first-order valence-corrected chi connectivity index (χ1v) is 4.57. The molecular formula is C10H13ClN2. The standard InChI is InChI=1S/C10H13ClN2/c1-7(2)10(12)13-9-5-3-4-8(11)6-9/h3-7H,1-2H3,(H2,12,13). The van der Waals surface area contributed by atoms with Gasteiger partial charge < -0.3 is 5.73 Å². The molecule has 0 aliphatic carbocycles. The number of hydrogen-bond donors (Lipinski definition) is 1. The molecule has 0 heterocycles. The third kappa shape index (κ3) is 3.07. The number of aliphatic imine (C=N–C) groups is 1. The minimum absolute atomic E-state index is 0.263. The highest BCUT2D eigenvalue weighted by atomic mass is 35.5. The molecule has 1 aromatic rings. The van der Waals surface area contributed by atoms with E-state index in [0.717, 1.165) is 5.69 Å². The zero-order valence-electron chi connectivity index (χ0n) is 7.79. The number of benzene rings is 1. The van der Waals surface area contributed by atoms with E-state index in [9.17, 15) is 0 Å². The van der Waals surface area contributed by atoms with Crippen molar-refractivity contribution in [1.82, 2.24) is 0 Å². The van der Waals surface area contributed by atoms with E-state index >= 15 is 0 Å². The van der Waals surface area contributed by atoms with Gasteiger partial charge in [0.2, 0.25) is 0 Å². The van der Waals surface area contributed by atoms with Gasteiger partial charge in [-0.15, -0.1) is 0 Å². The van der Waals surface area contributed by atoms with Crippen molar-refractivity contribution in [3.63, 3.8) is 0 Å². The van der Waals surface area contributed by atoms with Crippen molar-refractivity contribution in [2.75, 3.05) is 0 Å². The summed E-state index contributed by atoms with van der Waals surface area (Å²) in [4.78, 5) is 4.23. The van der Waals surface area contributed by atoms with Crippen molar-refractivity contribution in [2.24, 2.45) is 16.6 Å². The molecule has 0 amide bonds. The number of nitrogens with two attached hydrogens (primary N) is 1. The van der Waals surface area contributed by atoms with Crippen LogP contribution in [-0.2, 0) is 0 Å². The van der Waals surface area contributed by atoms with Crippen LogP contribution >= 0.6 is 11.6 Å². The summed E-state index contributed by atoms with van der Waals surface area (Å²) in [5.41, 5.74) is 6.51. The molecule has 0 saturated carbocycles. The average Bonchev–Trinajstić information content (AvgIpc) is 2.04. The molecule has 2 N–H and O–H groups in total. The van der Waals surface area contributed by atoms with Crippen LogP contribution in [0.15, 0.2) is 29.3 Å².